The maximum absolute atomic E-state index is 13.4. The second kappa shape index (κ2) is 9.47. The van der Waals surface area contributed by atoms with Crippen molar-refractivity contribution in [1.29, 1.82) is 0 Å². The van der Waals surface area contributed by atoms with E-state index in [1.165, 1.54) is 18.3 Å². The molecule has 4 rings (SSSR count). The van der Waals surface area contributed by atoms with Gasteiger partial charge in [0, 0.05) is 5.02 Å². The SMILES string of the molecule is Cc1nn(Cc2ccc(Cl)cc2)c(Cl)c1/C=N\NC(=O)Cn1c(C(F)(F)F)nc2ccccc21. The topological polar surface area (TPSA) is 77.1 Å². The Balaban J connectivity index is 1.48. The Kier molecular flexibility index (Phi) is 6.63. The summed E-state index contributed by atoms with van der Waals surface area (Å²) >= 11 is 12.3. The Morgan fingerprint density at radius 2 is 1.85 bits per heavy atom. The van der Waals surface area contributed by atoms with E-state index in [9.17, 15) is 18.0 Å². The van der Waals surface area contributed by atoms with Gasteiger partial charge in [-0.2, -0.15) is 23.4 Å². The van der Waals surface area contributed by atoms with E-state index in [0.717, 1.165) is 10.1 Å². The summed E-state index contributed by atoms with van der Waals surface area (Å²) in [6.45, 7) is 1.50. The highest BCUT2D eigenvalue weighted by atomic mass is 35.5. The maximum atomic E-state index is 13.4. The number of carbonyl (C=O) groups excluding carboxylic acids is 1. The molecule has 7 nitrogen and oxygen atoms in total. The van der Waals surface area contributed by atoms with Gasteiger partial charge in [-0.05, 0) is 36.8 Å². The van der Waals surface area contributed by atoms with Gasteiger partial charge in [0.15, 0.2) is 0 Å². The number of hydrogen-bond donors (Lipinski definition) is 1. The van der Waals surface area contributed by atoms with Gasteiger partial charge in [0.2, 0.25) is 5.82 Å². The van der Waals surface area contributed by atoms with Crippen molar-refractivity contribution in [3.8, 4) is 0 Å². The molecule has 0 bridgehead atoms. The Labute approximate surface area is 201 Å². The number of halogens is 5. The fraction of sp³-hybridized carbons (Fsp3) is 0.182. The number of hydrazone groups is 1. The fourth-order valence-electron chi connectivity index (χ4n) is 3.38. The largest absolute Gasteiger partial charge is 0.449 e. The van der Waals surface area contributed by atoms with Gasteiger partial charge in [-0.1, -0.05) is 47.5 Å². The van der Waals surface area contributed by atoms with Crippen LogP contribution in [0, 0.1) is 6.92 Å². The van der Waals surface area contributed by atoms with Gasteiger partial charge in [-0.3, -0.25) is 4.79 Å². The van der Waals surface area contributed by atoms with E-state index in [2.05, 4.69) is 20.6 Å². The van der Waals surface area contributed by atoms with Crippen molar-refractivity contribution in [1.82, 2.24) is 24.8 Å². The van der Waals surface area contributed by atoms with Crippen LogP contribution in [0.5, 0.6) is 0 Å². The van der Waals surface area contributed by atoms with Crippen molar-refractivity contribution >= 4 is 46.4 Å². The summed E-state index contributed by atoms with van der Waals surface area (Å²) < 4.78 is 42.6. The van der Waals surface area contributed by atoms with E-state index in [0.29, 0.717) is 28.0 Å². The average Bonchev–Trinajstić information content (AvgIpc) is 3.28. The summed E-state index contributed by atoms with van der Waals surface area (Å²) in [5.74, 6) is -1.91. The van der Waals surface area contributed by atoms with Crippen molar-refractivity contribution in [3.63, 3.8) is 0 Å². The molecule has 1 N–H and O–H groups in total. The third kappa shape index (κ3) is 5.07. The van der Waals surface area contributed by atoms with Crippen molar-refractivity contribution in [3.05, 3.63) is 81.4 Å². The molecule has 0 fully saturated rings. The molecule has 34 heavy (non-hydrogen) atoms. The minimum Gasteiger partial charge on any atom is -0.311 e. The first-order valence-electron chi connectivity index (χ1n) is 9.95. The summed E-state index contributed by atoms with van der Waals surface area (Å²) in [6, 6.07) is 13.3. The molecule has 2 aromatic carbocycles. The van der Waals surface area contributed by atoms with E-state index in [-0.39, 0.29) is 11.0 Å². The molecule has 1 amide bonds. The number of hydrogen-bond acceptors (Lipinski definition) is 4. The lowest BCUT2D eigenvalue weighted by Gasteiger charge is -2.10. The van der Waals surface area contributed by atoms with Gasteiger partial charge in [-0.15, -0.1) is 0 Å². The molecule has 176 valence electrons. The normalized spacial score (nSPS) is 12.1. The average molecular weight is 509 g/mol. The van der Waals surface area contributed by atoms with Gasteiger partial charge in [0.05, 0.1) is 35.1 Å². The molecule has 0 radical (unpaired) electrons. The minimum absolute atomic E-state index is 0.140. The molecule has 0 spiro atoms. The van der Waals surface area contributed by atoms with Crippen molar-refractivity contribution < 1.29 is 18.0 Å². The number of imidazole rings is 1. The monoisotopic (exact) mass is 508 g/mol. The van der Waals surface area contributed by atoms with Crippen LogP contribution in [0.15, 0.2) is 53.6 Å². The summed E-state index contributed by atoms with van der Waals surface area (Å²) in [5.41, 5.74) is 4.54. The van der Waals surface area contributed by atoms with E-state index >= 15 is 0 Å². The van der Waals surface area contributed by atoms with E-state index in [1.54, 1.807) is 35.9 Å². The number of alkyl halides is 3. The van der Waals surface area contributed by atoms with Gasteiger partial charge in [0.25, 0.3) is 5.91 Å². The Morgan fingerprint density at radius 3 is 2.56 bits per heavy atom. The van der Waals surface area contributed by atoms with Gasteiger partial charge in [0.1, 0.15) is 11.7 Å². The van der Waals surface area contributed by atoms with Crippen LogP contribution in [0.1, 0.15) is 22.6 Å². The zero-order valence-corrected chi connectivity index (χ0v) is 19.2. The molecule has 0 unspecified atom stereocenters. The lowest BCUT2D eigenvalue weighted by Crippen LogP contribution is -2.26. The van der Waals surface area contributed by atoms with Crippen LogP contribution in [0.25, 0.3) is 11.0 Å². The number of para-hydroxylation sites is 2. The number of amides is 1. The summed E-state index contributed by atoms with van der Waals surface area (Å²) in [4.78, 5) is 16.0. The first kappa shape index (κ1) is 23.8. The van der Waals surface area contributed by atoms with Crippen LogP contribution in [0.2, 0.25) is 10.2 Å². The number of carbonyl (C=O) groups is 1. The van der Waals surface area contributed by atoms with Gasteiger partial charge in [-0.25, -0.2) is 15.1 Å². The van der Waals surface area contributed by atoms with Crippen LogP contribution in [-0.4, -0.2) is 31.5 Å². The van der Waals surface area contributed by atoms with Crippen molar-refractivity contribution in [2.75, 3.05) is 0 Å². The second-order valence-electron chi connectivity index (χ2n) is 7.38. The first-order valence-corrected chi connectivity index (χ1v) is 10.7. The number of aryl methyl sites for hydroxylation is 1. The van der Waals surface area contributed by atoms with Crippen LogP contribution >= 0.6 is 23.2 Å². The predicted octanol–water partition coefficient (Wildman–Crippen LogP) is 5.07. The minimum atomic E-state index is -4.72. The quantitative estimate of drug-likeness (QED) is 0.292. The standard InChI is InChI=1S/C22H17Cl2F3N6O/c1-13-16(20(24)33(31-13)11-14-6-8-15(23)9-7-14)10-28-30-19(34)12-32-18-5-3-2-4-17(18)29-21(32)22(25,26)27/h2-10H,11-12H2,1H3,(H,30,34)/b28-10-. The zero-order valence-electron chi connectivity index (χ0n) is 17.6. The Bertz CT molecular complexity index is 1380. The molecule has 12 heteroatoms. The summed E-state index contributed by atoms with van der Waals surface area (Å²) in [6.07, 6.45) is -3.41. The second-order valence-corrected chi connectivity index (χ2v) is 8.17. The predicted molar refractivity (Wildman–Crippen MR) is 123 cm³/mol. The molecule has 0 atom stereocenters. The number of rotatable bonds is 6. The van der Waals surface area contributed by atoms with Crippen molar-refractivity contribution in [2.45, 2.75) is 26.2 Å². The molecule has 0 aliphatic rings. The van der Waals surface area contributed by atoms with Crippen LogP contribution in [-0.2, 0) is 24.1 Å². The van der Waals surface area contributed by atoms with E-state index in [4.69, 9.17) is 23.2 Å². The maximum Gasteiger partial charge on any atom is 0.449 e. The highest BCUT2D eigenvalue weighted by molar-refractivity contribution is 6.32. The summed E-state index contributed by atoms with van der Waals surface area (Å²) in [7, 11) is 0. The number of fused-ring (bicyclic) bond motifs is 1. The molecule has 2 aromatic heterocycles. The number of nitrogens with zero attached hydrogens (tertiary/aromatic N) is 5. The third-order valence-corrected chi connectivity index (χ3v) is 5.60. The van der Waals surface area contributed by atoms with Crippen LogP contribution in [0.3, 0.4) is 0 Å². The zero-order chi connectivity index (χ0) is 24.5. The molecular weight excluding hydrogens is 492 g/mol. The lowest BCUT2D eigenvalue weighted by atomic mass is 10.2. The highest BCUT2D eigenvalue weighted by Gasteiger charge is 2.38. The van der Waals surface area contributed by atoms with E-state index in [1.807, 2.05) is 12.1 Å². The number of nitrogens with one attached hydrogen (secondary N) is 1. The Morgan fingerprint density at radius 1 is 1.15 bits per heavy atom. The van der Waals surface area contributed by atoms with Crippen LogP contribution in [0.4, 0.5) is 13.2 Å². The molecule has 0 aliphatic heterocycles. The smallest absolute Gasteiger partial charge is 0.311 e. The molecule has 2 heterocycles. The van der Waals surface area contributed by atoms with Crippen molar-refractivity contribution in [2.24, 2.45) is 5.10 Å². The van der Waals surface area contributed by atoms with Crippen LogP contribution < -0.4 is 5.43 Å². The molecule has 0 saturated heterocycles. The van der Waals surface area contributed by atoms with Gasteiger partial charge >= 0.3 is 6.18 Å². The number of aromatic nitrogens is 4. The Hall–Kier alpha value is -3.37. The van der Waals surface area contributed by atoms with Gasteiger partial charge < -0.3 is 4.57 Å². The third-order valence-electron chi connectivity index (χ3n) is 4.95. The molecule has 0 aliphatic carbocycles. The number of benzene rings is 2. The first-order chi connectivity index (χ1) is 16.1. The molecule has 4 aromatic rings. The molecular formula is C22H17Cl2F3N6O. The summed E-state index contributed by atoms with van der Waals surface area (Å²) in [5, 5.41) is 9.13. The fourth-order valence-corrected chi connectivity index (χ4v) is 3.79. The van der Waals surface area contributed by atoms with E-state index < -0.39 is 24.5 Å². The lowest BCUT2D eigenvalue weighted by molar-refractivity contribution is -0.147. The highest BCUT2D eigenvalue weighted by Crippen LogP contribution is 2.31. The molecule has 0 saturated carbocycles.